The molecule has 0 aliphatic heterocycles. The number of hydrogen-bond donors (Lipinski definition) is 2. The van der Waals surface area contributed by atoms with E-state index in [0.29, 0.717) is 12.0 Å². The van der Waals surface area contributed by atoms with E-state index in [9.17, 15) is 9.90 Å². The molecule has 1 aromatic rings. The maximum atomic E-state index is 11.2. The summed E-state index contributed by atoms with van der Waals surface area (Å²) in [5.41, 5.74) is 6.88. The van der Waals surface area contributed by atoms with Crippen molar-refractivity contribution in [3.05, 3.63) is 53.6 Å². The summed E-state index contributed by atoms with van der Waals surface area (Å²) in [5.74, 6) is -0.955. The van der Waals surface area contributed by atoms with Crippen LogP contribution in [0.3, 0.4) is 0 Å². The van der Waals surface area contributed by atoms with Crippen LogP contribution in [-0.4, -0.2) is 23.9 Å². The molecule has 0 amide bonds. The zero-order valence-electron chi connectivity index (χ0n) is 10.1. The third-order valence-electron chi connectivity index (χ3n) is 3.04. The Kier molecular flexibility index (Phi) is 3.32. The van der Waals surface area contributed by atoms with E-state index in [1.807, 2.05) is 30.3 Å². The lowest BCUT2D eigenvalue weighted by molar-refractivity contribution is -0.132. The van der Waals surface area contributed by atoms with Gasteiger partial charge in [0.15, 0.2) is 0 Å². The summed E-state index contributed by atoms with van der Waals surface area (Å²) in [6.45, 7) is 0. The molecule has 0 radical (unpaired) electrons. The highest BCUT2D eigenvalue weighted by molar-refractivity contribution is 6.00. The minimum Gasteiger partial charge on any atom is -0.478 e. The first-order valence-electron chi connectivity index (χ1n) is 5.61. The van der Waals surface area contributed by atoms with Crippen LogP contribution in [0, 0.1) is 0 Å². The molecule has 0 saturated heterocycles. The van der Waals surface area contributed by atoms with E-state index in [4.69, 9.17) is 10.5 Å². The van der Waals surface area contributed by atoms with Crippen LogP contribution in [0.5, 0.6) is 0 Å². The third kappa shape index (κ3) is 2.34. The molecule has 1 unspecified atom stereocenters. The second-order valence-electron chi connectivity index (χ2n) is 4.23. The second kappa shape index (κ2) is 4.76. The van der Waals surface area contributed by atoms with E-state index in [-0.39, 0.29) is 5.57 Å². The van der Waals surface area contributed by atoms with Gasteiger partial charge in [0.2, 0.25) is 0 Å². The molecule has 18 heavy (non-hydrogen) atoms. The lowest BCUT2D eigenvalue weighted by Gasteiger charge is -2.29. The lowest BCUT2D eigenvalue weighted by Crippen LogP contribution is -2.41. The largest absolute Gasteiger partial charge is 0.478 e. The summed E-state index contributed by atoms with van der Waals surface area (Å²) in [6.07, 6.45) is 3.44. The van der Waals surface area contributed by atoms with Crippen LogP contribution in [0.15, 0.2) is 48.1 Å². The zero-order valence-corrected chi connectivity index (χ0v) is 10.1. The quantitative estimate of drug-likeness (QED) is 0.796. The molecule has 1 aromatic carbocycles. The highest BCUT2D eigenvalue weighted by Crippen LogP contribution is 2.33. The van der Waals surface area contributed by atoms with Crippen molar-refractivity contribution < 1.29 is 14.6 Å². The van der Waals surface area contributed by atoms with Crippen LogP contribution in [0.25, 0.3) is 5.57 Å². The van der Waals surface area contributed by atoms with Crippen molar-refractivity contribution >= 4 is 11.5 Å². The van der Waals surface area contributed by atoms with Gasteiger partial charge in [-0.05, 0) is 23.3 Å². The fourth-order valence-electron chi connectivity index (χ4n) is 1.99. The van der Waals surface area contributed by atoms with Crippen molar-refractivity contribution in [3.8, 4) is 0 Å². The minimum absolute atomic E-state index is 0.263. The predicted octanol–water partition coefficient (Wildman–Crippen LogP) is 1.79. The minimum atomic E-state index is -0.955. The van der Waals surface area contributed by atoms with Crippen molar-refractivity contribution in [3.63, 3.8) is 0 Å². The zero-order chi connectivity index (χ0) is 13.2. The molecule has 94 valence electrons. The number of hydrogen-bond acceptors (Lipinski definition) is 3. The van der Waals surface area contributed by atoms with Crippen molar-refractivity contribution in [2.75, 3.05) is 7.11 Å². The molecule has 4 heteroatoms. The Morgan fingerprint density at radius 2 is 2.06 bits per heavy atom. The Hall–Kier alpha value is -1.91. The number of aliphatic carboxylic acids is 1. The van der Waals surface area contributed by atoms with Gasteiger partial charge >= 0.3 is 5.97 Å². The normalized spacial score (nSPS) is 23.2. The van der Waals surface area contributed by atoms with E-state index in [1.54, 1.807) is 6.08 Å². The lowest BCUT2D eigenvalue weighted by atomic mass is 9.87. The van der Waals surface area contributed by atoms with E-state index < -0.39 is 11.7 Å². The van der Waals surface area contributed by atoms with Crippen LogP contribution in [0.1, 0.15) is 12.0 Å². The van der Waals surface area contributed by atoms with Crippen molar-refractivity contribution in [1.82, 2.24) is 0 Å². The standard InChI is InChI=1S/C14H15NO3/c1-18-14(15)8-7-11(13(16)17)12(9-14)10-5-3-2-4-6-10/h2-8H,9,15H2,1H3,(H,16,17). The average Bonchev–Trinajstić information content (AvgIpc) is 2.39. The van der Waals surface area contributed by atoms with E-state index in [1.165, 1.54) is 13.2 Å². The number of nitrogens with two attached hydrogens (primary N) is 1. The van der Waals surface area contributed by atoms with Gasteiger partial charge in [0.05, 0.1) is 5.57 Å². The Morgan fingerprint density at radius 1 is 1.39 bits per heavy atom. The van der Waals surface area contributed by atoms with Crippen LogP contribution in [0.4, 0.5) is 0 Å². The SMILES string of the molecule is COC1(N)C=CC(C(=O)O)=C(c2ccccc2)C1. The maximum Gasteiger partial charge on any atom is 0.335 e. The molecule has 0 fully saturated rings. The number of carboxylic acids is 1. The van der Waals surface area contributed by atoms with Gasteiger partial charge in [-0.3, -0.25) is 5.73 Å². The first-order valence-corrected chi connectivity index (χ1v) is 5.61. The summed E-state index contributed by atoms with van der Waals surface area (Å²) in [5, 5.41) is 9.22. The summed E-state index contributed by atoms with van der Waals surface area (Å²) in [7, 11) is 1.51. The smallest absolute Gasteiger partial charge is 0.335 e. The van der Waals surface area contributed by atoms with Gasteiger partial charge < -0.3 is 9.84 Å². The molecular formula is C14H15NO3. The second-order valence-corrected chi connectivity index (χ2v) is 4.23. The van der Waals surface area contributed by atoms with Gasteiger partial charge in [0.25, 0.3) is 0 Å². The number of carbonyl (C=O) groups is 1. The topological polar surface area (TPSA) is 72.5 Å². The Balaban J connectivity index is 2.50. The molecular weight excluding hydrogens is 230 g/mol. The molecule has 0 bridgehead atoms. The van der Waals surface area contributed by atoms with Crippen molar-refractivity contribution in [1.29, 1.82) is 0 Å². The first-order chi connectivity index (χ1) is 8.56. The van der Waals surface area contributed by atoms with Crippen LogP contribution in [-0.2, 0) is 9.53 Å². The van der Waals surface area contributed by atoms with Crippen molar-refractivity contribution in [2.45, 2.75) is 12.1 Å². The number of ether oxygens (including phenoxy) is 1. The predicted molar refractivity (Wildman–Crippen MR) is 68.7 cm³/mol. The summed E-state index contributed by atoms with van der Waals surface area (Å²) in [4.78, 5) is 11.2. The highest BCUT2D eigenvalue weighted by atomic mass is 16.5. The van der Waals surface area contributed by atoms with Gasteiger partial charge in [0, 0.05) is 13.5 Å². The fourth-order valence-corrected chi connectivity index (χ4v) is 1.99. The van der Waals surface area contributed by atoms with Crippen LogP contribution in [0.2, 0.25) is 0 Å². The molecule has 4 nitrogen and oxygen atoms in total. The van der Waals surface area contributed by atoms with Gasteiger partial charge in [-0.15, -0.1) is 0 Å². The fraction of sp³-hybridized carbons (Fsp3) is 0.214. The number of rotatable bonds is 3. The number of carboxylic acid groups (broad SMARTS) is 1. The molecule has 1 aliphatic carbocycles. The van der Waals surface area contributed by atoms with Gasteiger partial charge in [-0.25, -0.2) is 4.79 Å². The average molecular weight is 245 g/mol. The first kappa shape index (κ1) is 12.5. The molecule has 0 spiro atoms. The van der Waals surface area contributed by atoms with E-state index in [2.05, 4.69) is 0 Å². The molecule has 3 N–H and O–H groups in total. The number of benzene rings is 1. The van der Waals surface area contributed by atoms with Crippen LogP contribution < -0.4 is 5.73 Å². The Morgan fingerprint density at radius 3 is 2.61 bits per heavy atom. The maximum absolute atomic E-state index is 11.2. The molecule has 2 rings (SSSR count). The molecule has 1 atom stereocenters. The summed E-state index contributed by atoms with van der Waals surface area (Å²) in [6, 6.07) is 9.35. The Labute approximate surface area is 105 Å². The van der Waals surface area contributed by atoms with Crippen molar-refractivity contribution in [2.24, 2.45) is 5.73 Å². The van der Waals surface area contributed by atoms with E-state index in [0.717, 1.165) is 5.56 Å². The van der Waals surface area contributed by atoms with E-state index >= 15 is 0 Å². The monoisotopic (exact) mass is 245 g/mol. The Bertz CT molecular complexity index is 519. The van der Waals surface area contributed by atoms with Gasteiger partial charge in [-0.1, -0.05) is 30.3 Å². The van der Waals surface area contributed by atoms with Crippen LogP contribution >= 0.6 is 0 Å². The molecule has 0 aromatic heterocycles. The van der Waals surface area contributed by atoms with Gasteiger partial charge in [-0.2, -0.15) is 0 Å². The highest BCUT2D eigenvalue weighted by Gasteiger charge is 2.30. The molecule has 1 aliphatic rings. The summed E-state index contributed by atoms with van der Waals surface area (Å²) >= 11 is 0. The molecule has 0 saturated carbocycles. The third-order valence-corrected chi connectivity index (χ3v) is 3.04. The summed E-state index contributed by atoms with van der Waals surface area (Å²) < 4.78 is 5.22. The van der Waals surface area contributed by atoms with Gasteiger partial charge in [0.1, 0.15) is 5.72 Å². The molecule has 0 heterocycles. The number of methoxy groups -OCH3 is 1.